The van der Waals surface area contributed by atoms with Crippen molar-refractivity contribution in [3.05, 3.63) is 0 Å². The number of piperazine rings is 1. The molecule has 0 N–H and O–H groups in total. The molecule has 0 aromatic rings. The van der Waals surface area contributed by atoms with Gasteiger partial charge in [-0.1, -0.05) is 40.5 Å². The van der Waals surface area contributed by atoms with Gasteiger partial charge < -0.3 is 14.5 Å². The Morgan fingerprint density at radius 1 is 0.963 bits per heavy atom. The van der Waals surface area contributed by atoms with Crippen LogP contribution in [0.2, 0.25) is 0 Å². The SMILES string of the molecule is CCCC(CCC)CN1CCN(CCOC2CC(N(C)CC(C)C)C2)CC1. The van der Waals surface area contributed by atoms with Crippen LogP contribution in [0.5, 0.6) is 0 Å². The largest absolute Gasteiger partial charge is 0.377 e. The molecule has 160 valence electrons. The van der Waals surface area contributed by atoms with E-state index < -0.39 is 0 Å². The molecule has 27 heavy (non-hydrogen) atoms. The summed E-state index contributed by atoms with van der Waals surface area (Å²) in [5.41, 5.74) is 0. The van der Waals surface area contributed by atoms with Crippen LogP contribution < -0.4 is 0 Å². The summed E-state index contributed by atoms with van der Waals surface area (Å²) in [6, 6.07) is 0.750. The third-order valence-electron chi connectivity index (χ3n) is 6.48. The number of nitrogens with zero attached hydrogens (tertiary/aromatic N) is 3. The molecule has 1 saturated heterocycles. The fourth-order valence-corrected chi connectivity index (χ4v) is 4.81. The third-order valence-corrected chi connectivity index (χ3v) is 6.48. The zero-order valence-electron chi connectivity index (χ0n) is 19.0. The molecule has 2 fully saturated rings. The van der Waals surface area contributed by atoms with E-state index in [0.717, 1.165) is 31.0 Å². The first-order valence-corrected chi connectivity index (χ1v) is 11.8. The standard InChI is InChI=1S/C23H47N3O/c1-6-8-21(9-7-2)19-26-12-10-25(11-13-26)14-15-27-23-16-22(17-23)24(5)18-20(3)4/h20-23H,6-19H2,1-5H3. The van der Waals surface area contributed by atoms with Crippen LogP contribution in [-0.2, 0) is 4.74 Å². The van der Waals surface area contributed by atoms with Crippen LogP contribution in [0.1, 0.15) is 66.2 Å². The van der Waals surface area contributed by atoms with Gasteiger partial charge in [-0.3, -0.25) is 4.90 Å². The second-order valence-corrected chi connectivity index (χ2v) is 9.54. The Morgan fingerprint density at radius 3 is 2.11 bits per heavy atom. The van der Waals surface area contributed by atoms with Crippen LogP contribution in [0.3, 0.4) is 0 Å². The summed E-state index contributed by atoms with van der Waals surface area (Å²) in [6.45, 7) is 18.7. The van der Waals surface area contributed by atoms with Crippen molar-refractivity contribution in [3.63, 3.8) is 0 Å². The monoisotopic (exact) mass is 381 g/mol. The number of rotatable bonds is 13. The predicted molar refractivity (Wildman–Crippen MR) is 116 cm³/mol. The summed E-state index contributed by atoms with van der Waals surface area (Å²) in [4.78, 5) is 7.83. The van der Waals surface area contributed by atoms with Crippen LogP contribution in [-0.4, -0.2) is 86.3 Å². The fraction of sp³-hybridized carbons (Fsp3) is 1.00. The van der Waals surface area contributed by atoms with E-state index in [4.69, 9.17) is 4.74 Å². The molecule has 2 aliphatic rings. The Balaban J connectivity index is 1.52. The highest BCUT2D eigenvalue weighted by Crippen LogP contribution is 2.28. The number of hydrogen-bond donors (Lipinski definition) is 0. The Morgan fingerprint density at radius 2 is 1.56 bits per heavy atom. The van der Waals surface area contributed by atoms with Gasteiger partial charge in [0.15, 0.2) is 0 Å². The number of ether oxygens (including phenoxy) is 1. The molecule has 1 aliphatic carbocycles. The minimum Gasteiger partial charge on any atom is -0.377 e. The molecule has 0 radical (unpaired) electrons. The maximum Gasteiger partial charge on any atom is 0.0605 e. The van der Waals surface area contributed by atoms with Crippen molar-refractivity contribution in [1.82, 2.24) is 14.7 Å². The van der Waals surface area contributed by atoms with E-state index in [2.05, 4.69) is 49.4 Å². The summed E-state index contributed by atoms with van der Waals surface area (Å²) in [6.07, 6.45) is 8.43. The van der Waals surface area contributed by atoms with Gasteiger partial charge in [0.05, 0.1) is 12.7 Å². The quantitative estimate of drug-likeness (QED) is 0.481. The molecule has 1 saturated carbocycles. The molecule has 4 nitrogen and oxygen atoms in total. The van der Waals surface area contributed by atoms with Crippen molar-refractivity contribution < 1.29 is 4.74 Å². The van der Waals surface area contributed by atoms with Crippen LogP contribution in [0.15, 0.2) is 0 Å². The minimum absolute atomic E-state index is 0.509. The summed E-state index contributed by atoms with van der Waals surface area (Å²) in [7, 11) is 2.27. The topological polar surface area (TPSA) is 19.0 Å². The van der Waals surface area contributed by atoms with E-state index in [-0.39, 0.29) is 0 Å². The van der Waals surface area contributed by atoms with E-state index in [9.17, 15) is 0 Å². The molecule has 2 rings (SSSR count). The van der Waals surface area contributed by atoms with Gasteiger partial charge >= 0.3 is 0 Å². The molecule has 4 heteroatoms. The number of hydrogen-bond acceptors (Lipinski definition) is 4. The summed E-state index contributed by atoms with van der Waals surface area (Å²) < 4.78 is 6.14. The zero-order valence-corrected chi connectivity index (χ0v) is 19.0. The summed E-state index contributed by atoms with van der Waals surface area (Å²) >= 11 is 0. The van der Waals surface area contributed by atoms with E-state index in [1.807, 2.05) is 0 Å². The third kappa shape index (κ3) is 8.39. The lowest BCUT2D eigenvalue weighted by Crippen LogP contribution is -2.50. The summed E-state index contributed by atoms with van der Waals surface area (Å²) in [5, 5.41) is 0. The predicted octanol–water partition coefficient (Wildman–Crippen LogP) is 3.96. The molecule has 0 bridgehead atoms. The van der Waals surface area contributed by atoms with Crippen molar-refractivity contribution in [2.75, 3.05) is 59.5 Å². The second kappa shape index (κ2) is 12.4. The minimum atomic E-state index is 0.509. The first-order valence-electron chi connectivity index (χ1n) is 11.8. The first-order chi connectivity index (χ1) is 13.0. The Kier molecular flexibility index (Phi) is 10.6. The Hall–Kier alpha value is -0.160. The van der Waals surface area contributed by atoms with Crippen molar-refractivity contribution in [1.29, 1.82) is 0 Å². The smallest absolute Gasteiger partial charge is 0.0605 e. The van der Waals surface area contributed by atoms with Gasteiger partial charge in [0.1, 0.15) is 0 Å². The average Bonchev–Trinajstić information content (AvgIpc) is 2.58. The molecule has 1 aliphatic heterocycles. The van der Waals surface area contributed by atoms with Gasteiger partial charge in [0.2, 0.25) is 0 Å². The van der Waals surface area contributed by atoms with Crippen molar-refractivity contribution >= 4 is 0 Å². The van der Waals surface area contributed by atoms with Crippen molar-refractivity contribution in [2.45, 2.75) is 78.4 Å². The lowest BCUT2D eigenvalue weighted by atomic mass is 9.87. The lowest BCUT2D eigenvalue weighted by molar-refractivity contribution is -0.0543. The van der Waals surface area contributed by atoms with Crippen molar-refractivity contribution in [2.24, 2.45) is 11.8 Å². The van der Waals surface area contributed by atoms with E-state index in [0.29, 0.717) is 6.10 Å². The molecule has 0 aromatic carbocycles. The Bertz CT molecular complexity index is 370. The van der Waals surface area contributed by atoms with E-state index >= 15 is 0 Å². The second-order valence-electron chi connectivity index (χ2n) is 9.54. The molecule has 0 aromatic heterocycles. The highest BCUT2D eigenvalue weighted by molar-refractivity contribution is 4.87. The molecule has 1 heterocycles. The molecule has 0 atom stereocenters. The normalized spacial score (nSPS) is 24.9. The Labute approximate surface area is 169 Å². The van der Waals surface area contributed by atoms with E-state index in [1.165, 1.54) is 77.8 Å². The maximum absolute atomic E-state index is 6.14. The fourth-order valence-electron chi connectivity index (χ4n) is 4.81. The highest BCUT2D eigenvalue weighted by Gasteiger charge is 2.32. The van der Waals surface area contributed by atoms with Crippen LogP contribution in [0.4, 0.5) is 0 Å². The van der Waals surface area contributed by atoms with Gasteiger partial charge in [0.25, 0.3) is 0 Å². The van der Waals surface area contributed by atoms with E-state index in [1.54, 1.807) is 0 Å². The summed E-state index contributed by atoms with van der Waals surface area (Å²) in [5.74, 6) is 1.67. The van der Waals surface area contributed by atoms with Gasteiger partial charge in [-0.25, -0.2) is 0 Å². The van der Waals surface area contributed by atoms with Crippen LogP contribution in [0.25, 0.3) is 0 Å². The van der Waals surface area contributed by atoms with Gasteiger partial charge in [0, 0.05) is 51.9 Å². The van der Waals surface area contributed by atoms with Gasteiger partial charge in [-0.15, -0.1) is 0 Å². The lowest BCUT2D eigenvalue weighted by Gasteiger charge is -2.42. The van der Waals surface area contributed by atoms with Crippen molar-refractivity contribution in [3.8, 4) is 0 Å². The maximum atomic E-state index is 6.14. The molecular weight excluding hydrogens is 334 g/mol. The molecular formula is C23H47N3O. The zero-order chi connectivity index (χ0) is 19.6. The van der Waals surface area contributed by atoms with Gasteiger partial charge in [-0.05, 0) is 44.6 Å². The molecule has 0 amide bonds. The average molecular weight is 382 g/mol. The first kappa shape index (κ1) is 23.1. The van der Waals surface area contributed by atoms with Gasteiger partial charge in [-0.2, -0.15) is 0 Å². The highest BCUT2D eigenvalue weighted by atomic mass is 16.5. The van der Waals surface area contributed by atoms with Crippen LogP contribution >= 0.6 is 0 Å². The molecule has 0 spiro atoms. The van der Waals surface area contributed by atoms with Crippen LogP contribution in [0, 0.1) is 11.8 Å². The molecule has 0 unspecified atom stereocenters.